The Hall–Kier alpha value is -0.420. The number of hydrogen-bond acceptors (Lipinski definition) is 2. The molecule has 0 spiro atoms. The summed E-state index contributed by atoms with van der Waals surface area (Å²) in [7, 11) is 0. The molecule has 2 heterocycles. The molecule has 1 atom stereocenters. The normalized spacial score (nSPS) is 28.9. The molecule has 3 nitrogen and oxygen atoms in total. The first kappa shape index (κ1) is 12.6. The van der Waals surface area contributed by atoms with Gasteiger partial charge in [0, 0.05) is 19.5 Å². The zero-order chi connectivity index (χ0) is 10.2. The third kappa shape index (κ3) is 2.78. The van der Waals surface area contributed by atoms with Gasteiger partial charge in [-0.1, -0.05) is 0 Å². The van der Waals surface area contributed by atoms with E-state index in [1.807, 2.05) is 0 Å². The van der Waals surface area contributed by atoms with E-state index in [-0.39, 0.29) is 31.3 Å². The fourth-order valence-corrected chi connectivity index (χ4v) is 2.05. The largest absolute Gasteiger partial charge is 0.341 e. The lowest BCUT2D eigenvalue weighted by molar-refractivity contribution is -0.132. The lowest BCUT2D eigenvalue weighted by Gasteiger charge is -2.19. The van der Waals surface area contributed by atoms with Crippen LogP contribution in [0.15, 0.2) is 0 Å². The summed E-state index contributed by atoms with van der Waals surface area (Å²) >= 11 is 0. The predicted molar refractivity (Wildman–Crippen MR) is 54.4 cm³/mol. The molecule has 6 heteroatoms. The second kappa shape index (κ2) is 4.61. The van der Waals surface area contributed by atoms with Gasteiger partial charge in [0.05, 0.1) is 12.6 Å². The van der Waals surface area contributed by atoms with Gasteiger partial charge in [0.2, 0.25) is 5.91 Å². The van der Waals surface area contributed by atoms with Gasteiger partial charge in [-0.3, -0.25) is 10.1 Å². The second-order valence-electron chi connectivity index (χ2n) is 4.03. The molecule has 0 saturated carbocycles. The zero-order valence-electron chi connectivity index (χ0n) is 8.34. The second-order valence-corrected chi connectivity index (χ2v) is 4.03. The lowest BCUT2D eigenvalue weighted by atomic mass is 10.2. The number of carbonyl (C=O) groups is 1. The molecule has 1 N–H and O–H groups in total. The molecule has 2 aliphatic rings. The highest BCUT2D eigenvalue weighted by Gasteiger charge is 2.43. The number of halogens is 3. The van der Waals surface area contributed by atoms with Gasteiger partial charge in [-0.15, -0.1) is 12.4 Å². The molecule has 0 radical (unpaired) electrons. The van der Waals surface area contributed by atoms with Crippen LogP contribution in [0.4, 0.5) is 8.78 Å². The summed E-state index contributed by atoms with van der Waals surface area (Å²) < 4.78 is 25.6. The molecule has 2 fully saturated rings. The molecule has 0 aromatic heterocycles. The molecule has 2 saturated heterocycles. The van der Waals surface area contributed by atoms with Crippen molar-refractivity contribution in [2.75, 3.05) is 19.6 Å². The molecule has 0 aliphatic carbocycles. The van der Waals surface area contributed by atoms with E-state index in [9.17, 15) is 13.6 Å². The highest BCUT2D eigenvalue weighted by molar-refractivity contribution is 5.85. The van der Waals surface area contributed by atoms with E-state index in [1.165, 1.54) is 0 Å². The maximum atomic E-state index is 12.8. The molecule has 0 aromatic carbocycles. The first-order chi connectivity index (χ1) is 6.58. The molecule has 88 valence electrons. The zero-order valence-corrected chi connectivity index (χ0v) is 9.16. The van der Waals surface area contributed by atoms with Crippen LogP contribution in [0.3, 0.4) is 0 Å². The number of nitrogens with one attached hydrogen (secondary N) is 1. The van der Waals surface area contributed by atoms with Crippen LogP contribution in [-0.4, -0.2) is 42.4 Å². The molecule has 2 rings (SSSR count). The van der Waals surface area contributed by atoms with Crippen molar-refractivity contribution < 1.29 is 13.6 Å². The Morgan fingerprint density at radius 3 is 2.40 bits per heavy atom. The van der Waals surface area contributed by atoms with Crippen LogP contribution in [0, 0.1) is 0 Å². The molecule has 15 heavy (non-hydrogen) atoms. The van der Waals surface area contributed by atoms with Crippen LogP contribution >= 0.6 is 12.4 Å². The van der Waals surface area contributed by atoms with E-state index in [1.54, 1.807) is 4.90 Å². The molecule has 2 aliphatic heterocycles. The fourth-order valence-electron chi connectivity index (χ4n) is 2.05. The van der Waals surface area contributed by atoms with Gasteiger partial charge in [-0.05, 0) is 12.8 Å². The molecule has 0 bridgehead atoms. The Morgan fingerprint density at radius 2 is 1.93 bits per heavy atom. The van der Waals surface area contributed by atoms with Crippen LogP contribution in [0.5, 0.6) is 0 Å². The summed E-state index contributed by atoms with van der Waals surface area (Å²) in [5.74, 6) is -2.86. The van der Waals surface area contributed by atoms with Crippen molar-refractivity contribution in [1.82, 2.24) is 10.2 Å². The Balaban J connectivity index is 0.00000112. The quantitative estimate of drug-likeness (QED) is 0.743. The summed E-state index contributed by atoms with van der Waals surface area (Å²) in [6.45, 7) is 1.09. The van der Waals surface area contributed by atoms with Crippen LogP contribution < -0.4 is 5.32 Å². The summed E-state index contributed by atoms with van der Waals surface area (Å²) in [4.78, 5) is 13.3. The van der Waals surface area contributed by atoms with Crippen LogP contribution in [0.2, 0.25) is 0 Å². The van der Waals surface area contributed by atoms with Gasteiger partial charge >= 0.3 is 0 Å². The summed E-state index contributed by atoms with van der Waals surface area (Å²) in [6.07, 6.45) is 1.64. The SMILES string of the molecule is Cl.O=C([C@@H]1CC(F)(F)CN1)N1CCCC1. The van der Waals surface area contributed by atoms with E-state index in [4.69, 9.17) is 0 Å². The van der Waals surface area contributed by atoms with Crippen LogP contribution in [-0.2, 0) is 4.79 Å². The molecular weight excluding hydrogens is 226 g/mol. The molecular formula is C9H15ClF2N2O. The van der Waals surface area contributed by atoms with E-state index >= 15 is 0 Å². The molecule has 1 amide bonds. The average molecular weight is 241 g/mol. The standard InChI is InChI=1S/C9H14F2N2O.ClH/c10-9(11)5-7(12-6-9)8(14)13-3-1-2-4-13;/h7,12H,1-6H2;1H/t7-;/m0./s1. The number of alkyl halides is 2. The minimum absolute atomic E-state index is 0. The predicted octanol–water partition coefficient (Wildman–Crippen LogP) is 1.03. The number of hydrogen-bond donors (Lipinski definition) is 1. The maximum absolute atomic E-state index is 12.8. The van der Waals surface area contributed by atoms with Crippen LogP contribution in [0.1, 0.15) is 19.3 Å². The van der Waals surface area contributed by atoms with Gasteiger partial charge in [0.15, 0.2) is 0 Å². The minimum Gasteiger partial charge on any atom is -0.341 e. The van der Waals surface area contributed by atoms with E-state index in [2.05, 4.69) is 5.32 Å². The van der Waals surface area contributed by atoms with E-state index in [0.717, 1.165) is 25.9 Å². The van der Waals surface area contributed by atoms with Gasteiger partial charge < -0.3 is 4.90 Å². The number of nitrogens with zero attached hydrogens (tertiary/aromatic N) is 1. The Bertz CT molecular complexity index is 244. The van der Waals surface area contributed by atoms with Gasteiger partial charge in [-0.25, -0.2) is 8.78 Å². The monoisotopic (exact) mass is 240 g/mol. The van der Waals surface area contributed by atoms with Crippen LogP contribution in [0.25, 0.3) is 0 Å². The fraction of sp³-hybridized carbons (Fsp3) is 0.889. The maximum Gasteiger partial charge on any atom is 0.262 e. The van der Waals surface area contributed by atoms with Crippen molar-refractivity contribution in [3.05, 3.63) is 0 Å². The number of amides is 1. The van der Waals surface area contributed by atoms with Crippen molar-refractivity contribution in [2.24, 2.45) is 0 Å². The summed E-state index contributed by atoms with van der Waals surface area (Å²) in [5, 5.41) is 2.58. The van der Waals surface area contributed by atoms with E-state index < -0.39 is 12.0 Å². The lowest BCUT2D eigenvalue weighted by Crippen LogP contribution is -2.42. The third-order valence-electron chi connectivity index (χ3n) is 2.83. The van der Waals surface area contributed by atoms with Crippen molar-refractivity contribution in [3.8, 4) is 0 Å². The van der Waals surface area contributed by atoms with Gasteiger partial charge in [-0.2, -0.15) is 0 Å². The summed E-state index contributed by atoms with van der Waals surface area (Å²) in [5.41, 5.74) is 0. The highest BCUT2D eigenvalue weighted by Crippen LogP contribution is 2.26. The highest BCUT2D eigenvalue weighted by atomic mass is 35.5. The summed E-state index contributed by atoms with van der Waals surface area (Å²) in [6, 6.07) is -0.664. The molecule has 0 aromatic rings. The van der Waals surface area contributed by atoms with Crippen molar-refractivity contribution in [1.29, 1.82) is 0 Å². The number of carbonyl (C=O) groups excluding carboxylic acids is 1. The Morgan fingerprint density at radius 1 is 1.33 bits per heavy atom. The van der Waals surface area contributed by atoms with E-state index in [0.29, 0.717) is 0 Å². The van der Waals surface area contributed by atoms with Gasteiger partial charge in [0.25, 0.3) is 5.92 Å². The number of likely N-dealkylation sites (tertiary alicyclic amines) is 1. The first-order valence-electron chi connectivity index (χ1n) is 4.98. The Labute approximate surface area is 93.6 Å². The minimum atomic E-state index is -2.71. The molecule has 0 unspecified atom stereocenters. The van der Waals surface area contributed by atoms with Gasteiger partial charge in [0.1, 0.15) is 0 Å². The first-order valence-corrected chi connectivity index (χ1v) is 4.98. The average Bonchev–Trinajstić information content (AvgIpc) is 2.72. The van der Waals surface area contributed by atoms with Crippen molar-refractivity contribution in [3.63, 3.8) is 0 Å². The van der Waals surface area contributed by atoms with Crippen molar-refractivity contribution in [2.45, 2.75) is 31.2 Å². The number of rotatable bonds is 1. The topological polar surface area (TPSA) is 32.3 Å². The van der Waals surface area contributed by atoms with Crippen molar-refractivity contribution >= 4 is 18.3 Å². The third-order valence-corrected chi connectivity index (χ3v) is 2.83. The Kier molecular flexibility index (Phi) is 3.89. The smallest absolute Gasteiger partial charge is 0.262 e.